The quantitative estimate of drug-likeness (QED) is 0.363. The van der Waals surface area contributed by atoms with Gasteiger partial charge in [-0.25, -0.2) is 0 Å². The zero-order valence-electron chi connectivity index (χ0n) is 8.69. The Morgan fingerprint density at radius 3 is 1.50 bits per heavy atom. The van der Waals surface area contributed by atoms with E-state index in [0.717, 1.165) is 0 Å². The molecule has 6 nitrogen and oxygen atoms in total. The summed E-state index contributed by atoms with van der Waals surface area (Å²) in [6, 6.07) is 0. The van der Waals surface area contributed by atoms with Crippen LogP contribution in [0.4, 0.5) is 0 Å². The standard InChI is InChI=1S/C8H22N4O2/c1-6(13-4-2-7(9)10)14-5-3-8(11)12/h6-8H,2-5,9-12H2,1H3. The van der Waals surface area contributed by atoms with Crippen LogP contribution in [0.1, 0.15) is 19.8 Å². The van der Waals surface area contributed by atoms with Gasteiger partial charge < -0.3 is 32.4 Å². The molecule has 0 rings (SSSR count). The lowest BCUT2D eigenvalue weighted by atomic mass is 10.4. The van der Waals surface area contributed by atoms with Crippen LogP contribution in [0.15, 0.2) is 0 Å². The largest absolute Gasteiger partial charge is 0.353 e. The monoisotopic (exact) mass is 206 g/mol. The van der Waals surface area contributed by atoms with Crippen molar-refractivity contribution in [2.75, 3.05) is 13.2 Å². The minimum atomic E-state index is -0.334. The smallest absolute Gasteiger partial charge is 0.154 e. The predicted octanol–water partition coefficient (Wildman–Crippen LogP) is -1.37. The molecule has 0 fully saturated rings. The van der Waals surface area contributed by atoms with Crippen molar-refractivity contribution in [1.29, 1.82) is 0 Å². The molecule has 0 aromatic carbocycles. The van der Waals surface area contributed by atoms with Crippen molar-refractivity contribution in [3.63, 3.8) is 0 Å². The van der Waals surface area contributed by atoms with Crippen LogP contribution in [-0.2, 0) is 9.47 Å². The predicted molar refractivity (Wildman–Crippen MR) is 54.9 cm³/mol. The van der Waals surface area contributed by atoms with Gasteiger partial charge in [-0.2, -0.15) is 0 Å². The summed E-state index contributed by atoms with van der Waals surface area (Å²) in [5, 5.41) is 0. The molecular formula is C8H22N4O2. The summed E-state index contributed by atoms with van der Waals surface area (Å²) in [4.78, 5) is 0. The fourth-order valence-corrected chi connectivity index (χ4v) is 0.788. The fraction of sp³-hybridized carbons (Fsp3) is 1.00. The molecule has 86 valence electrons. The average molecular weight is 206 g/mol. The lowest BCUT2D eigenvalue weighted by Gasteiger charge is -2.15. The molecule has 0 unspecified atom stereocenters. The lowest BCUT2D eigenvalue weighted by Crippen LogP contribution is -2.33. The van der Waals surface area contributed by atoms with Crippen LogP contribution in [0.5, 0.6) is 0 Å². The minimum absolute atomic E-state index is 0.271. The van der Waals surface area contributed by atoms with Gasteiger partial charge >= 0.3 is 0 Å². The number of ether oxygens (including phenoxy) is 2. The van der Waals surface area contributed by atoms with Crippen LogP contribution in [0.2, 0.25) is 0 Å². The van der Waals surface area contributed by atoms with Gasteiger partial charge in [0, 0.05) is 0 Å². The second-order valence-electron chi connectivity index (χ2n) is 3.21. The maximum absolute atomic E-state index is 5.34. The van der Waals surface area contributed by atoms with E-state index in [1.165, 1.54) is 0 Å². The van der Waals surface area contributed by atoms with Crippen molar-refractivity contribution in [2.24, 2.45) is 22.9 Å². The molecule has 0 amide bonds. The molecule has 0 aliphatic rings. The SMILES string of the molecule is CC(OCCC(N)N)OCCC(N)N. The van der Waals surface area contributed by atoms with Crippen molar-refractivity contribution < 1.29 is 9.47 Å². The number of hydrogen-bond acceptors (Lipinski definition) is 6. The first-order valence-corrected chi connectivity index (χ1v) is 4.78. The van der Waals surface area contributed by atoms with Gasteiger partial charge in [-0.1, -0.05) is 0 Å². The lowest BCUT2D eigenvalue weighted by molar-refractivity contribution is -0.132. The van der Waals surface area contributed by atoms with Crippen molar-refractivity contribution >= 4 is 0 Å². The molecule has 0 aromatic heterocycles. The third-order valence-electron chi connectivity index (χ3n) is 1.61. The second-order valence-corrected chi connectivity index (χ2v) is 3.21. The van der Waals surface area contributed by atoms with Gasteiger partial charge in [0.2, 0.25) is 0 Å². The normalized spacial score (nSPS) is 12.0. The van der Waals surface area contributed by atoms with Crippen LogP contribution in [0.3, 0.4) is 0 Å². The highest BCUT2D eigenvalue weighted by Gasteiger charge is 2.03. The maximum Gasteiger partial charge on any atom is 0.154 e. The molecular weight excluding hydrogens is 184 g/mol. The van der Waals surface area contributed by atoms with Gasteiger partial charge in [0.05, 0.1) is 25.5 Å². The van der Waals surface area contributed by atoms with Crippen molar-refractivity contribution in [2.45, 2.75) is 38.4 Å². The van der Waals surface area contributed by atoms with Crippen LogP contribution in [0.25, 0.3) is 0 Å². The van der Waals surface area contributed by atoms with E-state index >= 15 is 0 Å². The summed E-state index contributed by atoms with van der Waals surface area (Å²) in [6.07, 6.45) is 0.292. The summed E-state index contributed by atoms with van der Waals surface area (Å²) in [7, 11) is 0. The molecule has 0 spiro atoms. The Hall–Kier alpha value is -0.240. The summed E-state index contributed by atoms with van der Waals surface area (Å²) in [5.41, 5.74) is 21.4. The van der Waals surface area contributed by atoms with Gasteiger partial charge in [-0.15, -0.1) is 0 Å². The molecule has 0 aromatic rings. The Bertz CT molecular complexity index is 119. The molecule has 0 saturated heterocycles. The zero-order valence-corrected chi connectivity index (χ0v) is 8.69. The highest BCUT2D eigenvalue weighted by atomic mass is 16.7. The Balaban J connectivity index is 3.23. The van der Waals surface area contributed by atoms with E-state index in [9.17, 15) is 0 Å². The molecule has 0 atom stereocenters. The molecule has 0 aliphatic heterocycles. The first kappa shape index (κ1) is 13.8. The topological polar surface area (TPSA) is 123 Å². The molecule has 14 heavy (non-hydrogen) atoms. The summed E-state index contributed by atoms with van der Waals surface area (Å²) in [6.45, 7) is 2.80. The van der Waals surface area contributed by atoms with E-state index in [2.05, 4.69) is 0 Å². The number of hydrogen-bond donors (Lipinski definition) is 4. The van der Waals surface area contributed by atoms with Crippen LogP contribution in [0, 0.1) is 0 Å². The highest BCUT2D eigenvalue weighted by molar-refractivity contribution is 4.50. The van der Waals surface area contributed by atoms with E-state index in [1.54, 1.807) is 0 Å². The Labute approximate surface area is 84.9 Å². The van der Waals surface area contributed by atoms with Gasteiger partial charge in [-0.3, -0.25) is 0 Å². The van der Waals surface area contributed by atoms with E-state index in [1.807, 2.05) is 6.92 Å². The molecule has 0 radical (unpaired) electrons. The second kappa shape index (κ2) is 8.10. The van der Waals surface area contributed by atoms with Crippen molar-refractivity contribution in [3.05, 3.63) is 0 Å². The average Bonchev–Trinajstić information content (AvgIpc) is 2.02. The molecule has 0 bridgehead atoms. The number of nitrogens with two attached hydrogens (primary N) is 4. The van der Waals surface area contributed by atoms with Crippen LogP contribution in [-0.4, -0.2) is 31.8 Å². The van der Waals surface area contributed by atoms with Crippen LogP contribution < -0.4 is 22.9 Å². The Morgan fingerprint density at radius 2 is 1.21 bits per heavy atom. The van der Waals surface area contributed by atoms with Crippen LogP contribution >= 0.6 is 0 Å². The van der Waals surface area contributed by atoms with Crippen molar-refractivity contribution in [3.8, 4) is 0 Å². The summed E-state index contributed by atoms with van der Waals surface area (Å²) >= 11 is 0. The molecule has 6 heteroatoms. The third-order valence-corrected chi connectivity index (χ3v) is 1.61. The van der Waals surface area contributed by atoms with Gasteiger partial charge in [0.25, 0.3) is 0 Å². The maximum atomic E-state index is 5.34. The van der Waals surface area contributed by atoms with E-state index < -0.39 is 0 Å². The highest BCUT2D eigenvalue weighted by Crippen LogP contribution is 1.96. The minimum Gasteiger partial charge on any atom is -0.353 e. The Kier molecular flexibility index (Phi) is 7.96. The molecule has 0 heterocycles. The van der Waals surface area contributed by atoms with Gasteiger partial charge in [-0.05, 0) is 19.8 Å². The first-order valence-electron chi connectivity index (χ1n) is 4.78. The summed E-state index contributed by atoms with van der Waals surface area (Å²) in [5.74, 6) is 0. The van der Waals surface area contributed by atoms with E-state index in [-0.39, 0.29) is 18.6 Å². The Morgan fingerprint density at radius 1 is 0.857 bits per heavy atom. The van der Waals surface area contributed by atoms with Crippen molar-refractivity contribution in [1.82, 2.24) is 0 Å². The third kappa shape index (κ3) is 9.85. The number of rotatable bonds is 8. The van der Waals surface area contributed by atoms with E-state index in [0.29, 0.717) is 26.1 Å². The van der Waals surface area contributed by atoms with Gasteiger partial charge in [0.15, 0.2) is 6.29 Å². The molecule has 0 aliphatic carbocycles. The summed E-state index contributed by atoms with van der Waals surface area (Å²) < 4.78 is 10.5. The zero-order chi connectivity index (χ0) is 11.0. The first-order chi connectivity index (χ1) is 6.52. The van der Waals surface area contributed by atoms with Gasteiger partial charge in [0.1, 0.15) is 0 Å². The molecule has 8 N–H and O–H groups in total. The fourth-order valence-electron chi connectivity index (χ4n) is 0.788. The van der Waals surface area contributed by atoms with E-state index in [4.69, 9.17) is 32.4 Å². The molecule has 0 saturated carbocycles.